The lowest BCUT2D eigenvalue weighted by atomic mass is 10.2. The van der Waals surface area contributed by atoms with Gasteiger partial charge in [0.2, 0.25) is 0 Å². The third-order valence-corrected chi connectivity index (χ3v) is 3.36. The van der Waals surface area contributed by atoms with Crippen LogP contribution in [0.1, 0.15) is 5.69 Å². The van der Waals surface area contributed by atoms with Gasteiger partial charge in [0.25, 0.3) is 0 Å². The van der Waals surface area contributed by atoms with Crippen LogP contribution >= 0.6 is 0 Å². The Morgan fingerprint density at radius 3 is 2.83 bits per heavy atom. The molecule has 3 nitrogen and oxygen atoms in total. The van der Waals surface area contributed by atoms with Crippen molar-refractivity contribution in [3.63, 3.8) is 0 Å². The lowest BCUT2D eigenvalue weighted by Gasteiger charge is -2.00. The molecule has 0 saturated heterocycles. The second-order valence-corrected chi connectivity index (χ2v) is 4.46. The van der Waals surface area contributed by atoms with E-state index >= 15 is 0 Å². The van der Waals surface area contributed by atoms with E-state index in [1.165, 1.54) is 5.69 Å². The molecule has 0 amide bonds. The first-order valence-electron chi connectivity index (χ1n) is 6.11. The van der Waals surface area contributed by atoms with E-state index in [1.807, 2.05) is 30.3 Å². The van der Waals surface area contributed by atoms with Crippen molar-refractivity contribution >= 4 is 5.65 Å². The number of benzene rings is 1. The molecule has 1 aliphatic rings. The summed E-state index contributed by atoms with van der Waals surface area (Å²) >= 11 is 0. The summed E-state index contributed by atoms with van der Waals surface area (Å²) in [6, 6.07) is 14.3. The van der Waals surface area contributed by atoms with Gasteiger partial charge in [0, 0.05) is 18.2 Å². The first kappa shape index (κ1) is 9.71. The Balaban J connectivity index is 1.95. The summed E-state index contributed by atoms with van der Waals surface area (Å²) in [6.07, 6.45) is 3.05. The van der Waals surface area contributed by atoms with Gasteiger partial charge >= 0.3 is 0 Å². The smallest absolute Gasteiger partial charge is 0.139 e. The van der Waals surface area contributed by atoms with Gasteiger partial charge < -0.3 is 4.74 Å². The molecule has 1 aliphatic heterocycles. The molecule has 4 rings (SSSR count). The molecule has 18 heavy (non-hydrogen) atoms. The molecule has 88 valence electrons. The van der Waals surface area contributed by atoms with E-state index in [-0.39, 0.29) is 0 Å². The molecule has 1 aromatic carbocycles. The average Bonchev–Trinajstić information content (AvgIpc) is 3.05. The maximum Gasteiger partial charge on any atom is 0.139 e. The molecule has 0 saturated carbocycles. The number of ether oxygens (including phenoxy) is 1. The maximum absolute atomic E-state index is 5.57. The minimum atomic E-state index is 0.771. The van der Waals surface area contributed by atoms with Crippen LogP contribution < -0.4 is 4.74 Å². The molecule has 0 aliphatic carbocycles. The standard InChI is InChI=1S/C15H12N2O/c1-2-4-11(5-3-1)12-10-17-13-8-9-18-14(13)6-7-15(17)16-12/h1-7,10H,8-9H2. The number of imidazole rings is 1. The molecule has 3 aromatic rings. The first-order chi connectivity index (χ1) is 8.92. The van der Waals surface area contributed by atoms with Crippen molar-refractivity contribution in [1.82, 2.24) is 9.38 Å². The highest BCUT2D eigenvalue weighted by molar-refractivity contribution is 5.63. The number of nitrogens with zero attached hydrogens (tertiary/aromatic N) is 2. The lowest BCUT2D eigenvalue weighted by molar-refractivity contribution is 0.357. The Bertz CT molecular complexity index is 716. The molecule has 0 spiro atoms. The predicted octanol–water partition coefficient (Wildman–Crippen LogP) is 2.94. The Labute approximate surface area is 105 Å². The number of fused-ring (bicyclic) bond motifs is 3. The molecular weight excluding hydrogens is 224 g/mol. The average molecular weight is 236 g/mol. The van der Waals surface area contributed by atoms with Crippen LogP contribution in [0.25, 0.3) is 16.9 Å². The molecule has 0 atom stereocenters. The number of aromatic nitrogens is 2. The van der Waals surface area contributed by atoms with Crippen LogP contribution in [0.5, 0.6) is 5.75 Å². The van der Waals surface area contributed by atoms with E-state index in [0.29, 0.717) is 0 Å². The molecule has 0 bridgehead atoms. The topological polar surface area (TPSA) is 26.5 Å². The number of pyridine rings is 1. The summed E-state index contributed by atoms with van der Waals surface area (Å²) in [5, 5.41) is 0. The van der Waals surface area contributed by atoms with Crippen molar-refractivity contribution in [2.45, 2.75) is 6.42 Å². The van der Waals surface area contributed by atoms with Crippen molar-refractivity contribution in [3.05, 3.63) is 54.4 Å². The predicted molar refractivity (Wildman–Crippen MR) is 69.8 cm³/mol. The minimum absolute atomic E-state index is 0.771. The molecule has 0 radical (unpaired) electrons. The van der Waals surface area contributed by atoms with Gasteiger partial charge in [-0.05, 0) is 12.1 Å². The Kier molecular flexibility index (Phi) is 1.94. The summed E-state index contributed by atoms with van der Waals surface area (Å²) in [7, 11) is 0. The van der Waals surface area contributed by atoms with E-state index < -0.39 is 0 Å². The van der Waals surface area contributed by atoms with E-state index in [4.69, 9.17) is 4.74 Å². The van der Waals surface area contributed by atoms with Gasteiger partial charge in [-0.3, -0.25) is 4.40 Å². The van der Waals surface area contributed by atoms with E-state index in [1.54, 1.807) is 0 Å². The van der Waals surface area contributed by atoms with Crippen LogP contribution in [0.3, 0.4) is 0 Å². The Morgan fingerprint density at radius 2 is 1.94 bits per heavy atom. The van der Waals surface area contributed by atoms with Gasteiger partial charge in [-0.15, -0.1) is 0 Å². The largest absolute Gasteiger partial charge is 0.491 e. The Hall–Kier alpha value is -2.29. The summed E-state index contributed by atoms with van der Waals surface area (Å²) < 4.78 is 7.72. The third kappa shape index (κ3) is 1.34. The van der Waals surface area contributed by atoms with Gasteiger partial charge in [-0.2, -0.15) is 0 Å². The van der Waals surface area contributed by atoms with Gasteiger partial charge in [-0.1, -0.05) is 30.3 Å². The summed E-state index contributed by atoms with van der Waals surface area (Å²) in [5.41, 5.74) is 4.37. The first-order valence-corrected chi connectivity index (χ1v) is 6.11. The van der Waals surface area contributed by atoms with Crippen LogP contribution in [-0.4, -0.2) is 16.0 Å². The van der Waals surface area contributed by atoms with Crippen molar-refractivity contribution < 1.29 is 4.74 Å². The van der Waals surface area contributed by atoms with Gasteiger partial charge in [0.15, 0.2) is 0 Å². The van der Waals surface area contributed by atoms with Crippen LogP contribution in [0.15, 0.2) is 48.7 Å². The molecule has 3 heterocycles. The fourth-order valence-electron chi connectivity index (χ4n) is 2.47. The van der Waals surface area contributed by atoms with Crippen LogP contribution in [0.2, 0.25) is 0 Å². The molecule has 0 unspecified atom stereocenters. The van der Waals surface area contributed by atoms with Crippen molar-refractivity contribution in [1.29, 1.82) is 0 Å². The number of hydrogen-bond donors (Lipinski definition) is 0. The minimum Gasteiger partial charge on any atom is -0.491 e. The molecule has 0 N–H and O–H groups in total. The highest BCUT2D eigenvalue weighted by Crippen LogP contribution is 2.28. The monoisotopic (exact) mass is 236 g/mol. The van der Waals surface area contributed by atoms with Crippen LogP contribution in [0, 0.1) is 0 Å². The molecular formula is C15H12N2O. The van der Waals surface area contributed by atoms with E-state index in [9.17, 15) is 0 Å². The number of rotatable bonds is 1. The van der Waals surface area contributed by atoms with Crippen LogP contribution in [0.4, 0.5) is 0 Å². The summed E-state index contributed by atoms with van der Waals surface area (Å²) in [4.78, 5) is 4.67. The highest BCUT2D eigenvalue weighted by Gasteiger charge is 2.16. The van der Waals surface area contributed by atoms with Crippen LogP contribution in [-0.2, 0) is 6.42 Å². The quantitative estimate of drug-likeness (QED) is 0.649. The van der Waals surface area contributed by atoms with Gasteiger partial charge in [0.05, 0.1) is 18.0 Å². The maximum atomic E-state index is 5.57. The number of hydrogen-bond acceptors (Lipinski definition) is 2. The fraction of sp³-hybridized carbons (Fsp3) is 0.133. The van der Waals surface area contributed by atoms with Gasteiger partial charge in [0.1, 0.15) is 11.4 Å². The highest BCUT2D eigenvalue weighted by atomic mass is 16.5. The Morgan fingerprint density at radius 1 is 1.06 bits per heavy atom. The zero-order valence-electron chi connectivity index (χ0n) is 9.84. The van der Waals surface area contributed by atoms with Crippen molar-refractivity contribution in [2.75, 3.05) is 6.61 Å². The summed E-state index contributed by atoms with van der Waals surface area (Å²) in [6.45, 7) is 0.771. The van der Waals surface area contributed by atoms with E-state index in [2.05, 4.69) is 27.7 Å². The SMILES string of the molecule is c1ccc(-c2cn3c4c(ccc3n2)OCC4)cc1. The van der Waals surface area contributed by atoms with Crippen molar-refractivity contribution in [3.8, 4) is 17.0 Å². The van der Waals surface area contributed by atoms with Gasteiger partial charge in [-0.25, -0.2) is 4.98 Å². The van der Waals surface area contributed by atoms with Crippen molar-refractivity contribution in [2.24, 2.45) is 0 Å². The second-order valence-electron chi connectivity index (χ2n) is 4.46. The second kappa shape index (κ2) is 3.60. The third-order valence-electron chi connectivity index (χ3n) is 3.36. The van der Waals surface area contributed by atoms with E-state index in [0.717, 1.165) is 35.7 Å². The zero-order valence-corrected chi connectivity index (χ0v) is 9.84. The normalized spacial score (nSPS) is 13.6. The summed E-state index contributed by atoms with van der Waals surface area (Å²) in [5.74, 6) is 0.986. The molecule has 2 aromatic heterocycles. The lowest BCUT2D eigenvalue weighted by Crippen LogP contribution is -1.91. The zero-order chi connectivity index (χ0) is 11.9. The molecule has 0 fully saturated rings. The fourth-order valence-corrected chi connectivity index (χ4v) is 2.47. The molecule has 3 heteroatoms.